The van der Waals surface area contributed by atoms with Gasteiger partial charge in [0, 0.05) is 42.1 Å². The van der Waals surface area contributed by atoms with Crippen molar-refractivity contribution in [3.05, 3.63) is 28.2 Å². The van der Waals surface area contributed by atoms with Crippen molar-refractivity contribution in [2.24, 2.45) is 0 Å². The largest absolute Gasteiger partial charge is 0.353 e. The first-order chi connectivity index (χ1) is 12.9. The first-order valence-electron chi connectivity index (χ1n) is 9.31. The lowest BCUT2D eigenvalue weighted by molar-refractivity contribution is -0.121. The van der Waals surface area contributed by atoms with Crippen molar-refractivity contribution in [1.82, 2.24) is 16.0 Å². The number of benzene rings is 1. The van der Waals surface area contributed by atoms with Crippen LogP contribution in [-0.2, 0) is 9.59 Å². The lowest BCUT2D eigenvalue weighted by atomic mass is 10.2. The van der Waals surface area contributed by atoms with E-state index in [1.807, 2.05) is 25.1 Å². The van der Waals surface area contributed by atoms with Crippen LogP contribution in [0, 0.1) is 6.92 Å². The lowest BCUT2D eigenvalue weighted by Gasteiger charge is -2.12. The molecule has 1 aliphatic rings. The third-order valence-electron chi connectivity index (χ3n) is 4.46. The summed E-state index contributed by atoms with van der Waals surface area (Å²) in [5.74, 6) is -0.205. The zero-order valence-electron chi connectivity index (χ0n) is 15.6. The summed E-state index contributed by atoms with van der Waals surface area (Å²) in [6.45, 7) is 2.41. The van der Waals surface area contributed by atoms with Crippen LogP contribution in [0.5, 0.6) is 0 Å². The zero-order valence-corrected chi connectivity index (χ0v) is 17.2. The molecule has 1 saturated carbocycles. The van der Waals surface area contributed by atoms with E-state index in [1.54, 1.807) is 0 Å². The number of rotatable bonds is 8. The summed E-state index contributed by atoms with van der Waals surface area (Å²) < 4.78 is 0.952. The van der Waals surface area contributed by atoms with Gasteiger partial charge in [0.05, 0.1) is 0 Å². The fraction of sp³-hybridized carbons (Fsp3) is 0.526. The second-order valence-electron chi connectivity index (χ2n) is 6.74. The summed E-state index contributed by atoms with van der Waals surface area (Å²) in [6.07, 6.45) is 4.85. The molecule has 0 heterocycles. The first-order valence-corrected chi connectivity index (χ1v) is 10.1. The topological polar surface area (TPSA) is 99.3 Å². The minimum atomic E-state index is -0.378. The van der Waals surface area contributed by atoms with Crippen molar-refractivity contribution >= 4 is 39.5 Å². The Morgan fingerprint density at radius 1 is 1.04 bits per heavy atom. The monoisotopic (exact) mass is 438 g/mol. The maximum atomic E-state index is 12.0. The van der Waals surface area contributed by atoms with Crippen LogP contribution in [0.15, 0.2) is 22.7 Å². The van der Waals surface area contributed by atoms with Crippen molar-refractivity contribution in [2.45, 2.75) is 51.5 Å². The van der Waals surface area contributed by atoms with Gasteiger partial charge in [0.1, 0.15) is 0 Å². The molecule has 7 nitrogen and oxygen atoms in total. The van der Waals surface area contributed by atoms with Crippen molar-refractivity contribution in [1.29, 1.82) is 0 Å². The van der Waals surface area contributed by atoms with Crippen LogP contribution in [0.1, 0.15) is 44.1 Å². The van der Waals surface area contributed by atoms with E-state index in [4.69, 9.17) is 0 Å². The number of amides is 4. The average Bonchev–Trinajstić information content (AvgIpc) is 3.10. The molecular weight excluding hydrogens is 412 g/mol. The van der Waals surface area contributed by atoms with Gasteiger partial charge in [-0.05, 0) is 43.5 Å². The smallest absolute Gasteiger partial charge is 0.314 e. The Morgan fingerprint density at radius 2 is 1.67 bits per heavy atom. The number of carbonyl (C=O) groups excluding carboxylic acids is 3. The van der Waals surface area contributed by atoms with Crippen molar-refractivity contribution in [2.75, 3.05) is 18.4 Å². The molecular formula is C19H27BrN4O3. The summed E-state index contributed by atoms with van der Waals surface area (Å²) in [5, 5.41) is 11.0. The van der Waals surface area contributed by atoms with E-state index in [2.05, 4.69) is 37.2 Å². The predicted octanol–water partition coefficient (Wildman–Crippen LogP) is 2.83. The number of urea groups is 1. The molecule has 1 aromatic carbocycles. The quantitative estimate of drug-likeness (QED) is 0.501. The van der Waals surface area contributed by atoms with Gasteiger partial charge in [0.25, 0.3) is 0 Å². The number of aryl methyl sites for hydroxylation is 1. The number of hydrogen-bond donors (Lipinski definition) is 4. The third-order valence-corrected chi connectivity index (χ3v) is 4.95. The van der Waals surface area contributed by atoms with Gasteiger partial charge in [0.15, 0.2) is 0 Å². The Balaban J connectivity index is 1.55. The molecule has 1 aromatic rings. The fourth-order valence-corrected chi connectivity index (χ4v) is 3.47. The molecule has 0 aromatic heterocycles. The second-order valence-corrected chi connectivity index (χ2v) is 7.65. The number of hydrogen-bond acceptors (Lipinski definition) is 3. The van der Waals surface area contributed by atoms with E-state index >= 15 is 0 Å². The van der Waals surface area contributed by atoms with Crippen LogP contribution in [0.4, 0.5) is 10.5 Å². The number of nitrogens with one attached hydrogen (secondary N) is 4. The number of halogens is 1. The minimum Gasteiger partial charge on any atom is -0.353 e. The summed E-state index contributed by atoms with van der Waals surface area (Å²) in [5.41, 5.74) is 1.71. The van der Waals surface area contributed by atoms with Crippen LogP contribution in [0.25, 0.3) is 0 Å². The first kappa shape index (κ1) is 21.2. The Morgan fingerprint density at radius 3 is 2.30 bits per heavy atom. The van der Waals surface area contributed by atoms with E-state index in [9.17, 15) is 14.4 Å². The van der Waals surface area contributed by atoms with Gasteiger partial charge in [0.2, 0.25) is 11.8 Å². The summed E-state index contributed by atoms with van der Waals surface area (Å²) in [4.78, 5) is 35.4. The standard InChI is InChI=1S/C19H27BrN4O3/c1-13-12-14(20)6-7-16(13)24-18(26)9-11-22-19(27)21-10-8-17(25)23-15-4-2-3-5-15/h6-7,12,15H,2-5,8-11H2,1H3,(H,23,25)(H,24,26)(H2,21,22,27). The van der Waals surface area contributed by atoms with Crippen LogP contribution < -0.4 is 21.3 Å². The maximum absolute atomic E-state index is 12.0. The molecule has 1 aliphatic carbocycles. The molecule has 0 saturated heterocycles. The molecule has 4 amide bonds. The van der Waals surface area contributed by atoms with Crippen molar-refractivity contribution in [3.63, 3.8) is 0 Å². The molecule has 0 atom stereocenters. The predicted molar refractivity (Wildman–Crippen MR) is 109 cm³/mol. The summed E-state index contributed by atoms with van der Waals surface area (Å²) in [6, 6.07) is 5.52. The normalized spacial score (nSPS) is 13.9. The Hall–Kier alpha value is -2.09. The third kappa shape index (κ3) is 7.99. The maximum Gasteiger partial charge on any atom is 0.314 e. The van der Waals surface area contributed by atoms with Gasteiger partial charge < -0.3 is 21.3 Å². The van der Waals surface area contributed by atoms with Gasteiger partial charge >= 0.3 is 6.03 Å². The van der Waals surface area contributed by atoms with Crippen LogP contribution in [0.3, 0.4) is 0 Å². The van der Waals surface area contributed by atoms with E-state index in [0.717, 1.165) is 28.6 Å². The molecule has 0 bridgehead atoms. The summed E-state index contributed by atoms with van der Waals surface area (Å²) in [7, 11) is 0. The van der Waals surface area contributed by atoms with E-state index in [0.29, 0.717) is 6.04 Å². The van der Waals surface area contributed by atoms with Gasteiger partial charge in [-0.2, -0.15) is 0 Å². The highest BCUT2D eigenvalue weighted by Crippen LogP contribution is 2.20. The van der Waals surface area contributed by atoms with Gasteiger partial charge in [-0.3, -0.25) is 9.59 Å². The summed E-state index contributed by atoms with van der Waals surface area (Å²) >= 11 is 3.38. The van der Waals surface area contributed by atoms with E-state index in [1.165, 1.54) is 12.8 Å². The van der Waals surface area contributed by atoms with Gasteiger partial charge in [-0.1, -0.05) is 28.8 Å². The molecule has 0 unspecified atom stereocenters. The average molecular weight is 439 g/mol. The fourth-order valence-electron chi connectivity index (χ4n) is 2.99. The van der Waals surface area contributed by atoms with Gasteiger partial charge in [-0.15, -0.1) is 0 Å². The zero-order chi connectivity index (χ0) is 19.6. The molecule has 27 heavy (non-hydrogen) atoms. The molecule has 0 aliphatic heterocycles. The molecule has 4 N–H and O–H groups in total. The van der Waals surface area contributed by atoms with Crippen LogP contribution >= 0.6 is 15.9 Å². The Kier molecular flexibility index (Phi) is 8.57. The van der Waals surface area contributed by atoms with E-state index in [-0.39, 0.29) is 43.8 Å². The van der Waals surface area contributed by atoms with E-state index < -0.39 is 0 Å². The number of carbonyl (C=O) groups is 3. The van der Waals surface area contributed by atoms with Crippen molar-refractivity contribution in [3.8, 4) is 0 Å². The highest BCUT2D eigenvalue weighted by molar-refractivity contribution is 9.10. The Labute approximate surface area is 168 Å². The molecule has 0 radical (unpaired) electrons. The van der Waals surface area contributed by atoms with Crippen LogP contribution in [-0.4, -0.2) is 37.0 Å². The molecule has 8 heteroatoms. The van der Waals surface area contributed by atoms with Crippen molar-refractivity contribution < 1.29 is 14.4 Å². The second kappa shape index (κ2) is 10.9. The number of anilines is 1. The lowest BCUT2D eigenvalue weighted by Crippen LogP contribution is -2.40. The highest BCUT2D eigenvalue weighted by Gasteiger charge is 2.16. The highest BCUT2D eigenvalue weighted by atomic mass is 79.9. The molecule has 1 fully saturated rings. The molecule has 0 spiro atoms. The SMILES string of the molecule is Cc1cc(Br)ccc1NC(=O)CCNC(=O)NCCC(=O)NC1CCCC1. The molecule has 2 rings (SSSR count). The van der Waals surface area contributed by atoms with Gasteiger partial charge in [-0.25, -0.2) is 4.79 Å². The van der Waals surface area contributed by atoms with Crippen LogP contribution in [0.2, 0.25) is 0 Å². The molecule has 148 valence electrons. The minimum absolute atomic E-state index is 0.0357. The Bertz CT molecular complexity index is 675.